The number of aromatic hydroxyl groups is 2. The summed E-state index contributed by atoms with van der Waals surface area (Å²) in [5.74, 6) is 6.21. The van der Waals surface area contributed by atoms with Crippen LogP contribution in [-0.4, -0.2) is 10.2 Å². The summed E-state index contributed by atoms with van der Waals surface area (Å²) in [4.78, 5) is 0. The summed E-state index contributed by atoms with van der Waals surface area (Å²) in [6.45, 7) is 0. The van der Waals surface area contributed by atoms with Gasteiger partial charge in [-0.15, -0.1) is 12.8 Å². The second-order valence-electron chi connectivity index (χ2n) is 5.78. The quantitative estimate of drug-likeness (QED) is 0.315. The largest absolute Gasteiger partial charge is 0.506 e. The van der Waals surface area contributed by atoms with Crippen molar-refractivity contribution in [2.24, 2.45) is 0 Å². The molecule has 6 heteroatoms. The third kappa shape index (κ3) is 3.72. The first-order valence-corrected chi connectivity index (χ1v) is 8.05. The molecule has 28 heavy (non-hydrogen) atoms. The van der Waals surface area contributed by atoms with Gasteiger partial charge < -0.3 is 31.2 Å². The molecule has 138 valence electrons. The monoisotopic (exact) mass is 372 g/mol. The normalized spacial score (nSPS) is 9.93. The molecule has 3 rings (SSSR count). The summed E-state index contributed by atoms with van der Waals surface area (Å²) in [5.41, 5.74) is 12.5. The van der Waals surface area contributed by atoms with Gasteiger partial charge in [-0.25, -0.2) is 0 Å². The second-order valence-corrected chi connectivity index (χ2v) is 5.78. The smallest absolute Gasteiger partial charge is 0.148 e. The molecular formula is C22H16N2O4. The van der Waals surface area contributed by atoms with Crippen molar-refractivity contribution < 1.29 is 19.7 Å². The van der Waals surface area contributed by atoms with Crippen LogP contribution < -0.4 is 20.9 Å². The van der Waals surface area contributed by atoms with E-state index in [2.05, 4.69) is 11.8 Å². The number of benzene rings is 3. The standard InChI is InChI=1S/C22H16N2O4/c1-3-13-9-21(27-14-5-7-19(25)17(23)11-14)16(4-2)22(10-13)28-15-6-8-20(26)18(24)12-15/h1-2,5-12,25-26H,23-24H2. The zero-order chi connectivity index (χ0) is 20.3. The van der Waals surface area contributed by atoms with Gasteiger partial charge >= 0.3 is 0 Å². The Bertz CT molecular complexity index is 1070. The van der Waals surface area contributed by atoms with E-state index in [1.807, 2.05) is 0 Å². The topological polar surface area (TPSA) is 111 Å². The molecule has 6 nitrogen and oxygen atoms in total. The predicted octanol–water partition coefficient (Wildman–Crippen LogP) is 3.81. The molecule has 0 saturated heterocycles. The Kier molecular flexibility index (Phi) is 4.89. The fourth-order valence-corrected chi connectivity index (χ4v) is 2.42. The summed E-state index contributed by atoms with van der Waals surface area (Å²) >= 11 is 0. The van der Waals surface area contributed by atoms with Crippen molar-refractivity contribution in [3.63, 3.8) is 0 Å². The number of hydrogen-bond acceptors (Lipinski definition) is 6. The van der Waals surface area contributed by atoms with Gasteiger partial charge in [-0.3, -0.25) is 0 Å². The minimum absolute atomic E-state index is 0.0594. The van der Waals surface area contributed by atoms with Crippen LogP contribution in [0.3, 0.4) is 0 Å². The van der Waals surface area contributed by atoms with Gasteiger partial charge in [0.1, 0.15) is 40.1 Å². The number of terminal acetylenes is 2. The average Bonchev–Trinajstić information content (AvgIpc) is 2.67. The molecule has 0 amide bonds. The maximum Gasteiger partial charge on any atom is 0.148 e. The second kappa shape index (κ2) is 7.45. The Labute approximate surface area is 161 Å². The predicted molar refractivity (Wildman–Crippen MR) is 107 cm³/mol. The highest BCUT2D eigenvalue weighted by atomic mass is 16.5. The van der Waals surface area contributed by atoms with Crippen molar-refractivity contribution in [3.05, 3.63) is 59.7 Å². The molecule has 0 aliphatic heterocycles. The third-order valence-corrected chi connectivity index (χ3v) is 3.83. The van der Waals surface area contributed by atoms with Gasteiger partial charge in [0.05, 0.1) is 11.4 Å². The minimum atomic E-state index is -0.0594. The number of ether oxygens (including phenoxy) is 2. The zero-order valence-corrected chi connectivity index (χ0v) is 14.6. The molecular weight excluding hydrogens is 356 g/mol. The lowest BCUT2D eigenvalue weighted by Crippen LogP contribution is -1.96. The summed E-state index contributed by atoms with van der Waals surface area (Å²) in [5, 5.41) is 19.1. The highest BCUT2D eigenvalue weighted by Gasteiger charge is 2.14. The molecule has 0 bridgehead atoms. The van der Waals surface area contributed by atoms with Crippen molar-refractivity contribution in [2.45, 2.75) is 0 Å². The van der Waals surface area contributed by atoms with Crippen molar-refractivity contribution in [1.29, 1.82) is 0 Å². The van der Waals surface area contributed by atoms with E-state index in [0.717, 1.165) is 0 Å². The Morgan fingerprint density at radius 2 is 1.18 bits per heavy atom. The van der Waals surface area contributed by atoms with E-state index in [-0.39, 0.29) is 34.4 Å². The third-order valence-electron chi connectivity index (χ3n) is 3.83. The zero-order valence-electron chi connectivity index (χ0n) is 14.6. The van der Waals surface area contributed by atoms with Crippen LogP contribution in [-0.2, 0) is 0 Å². The molecule has 0 aromatic heterocycles. The van der Waals surface area contributed by atoms with Gasteiger partial charge in [0, 0.05) is 17.7 Å². The van der Waals surface area contributed by atoms with Crippen molar-refractivity contribution in [2.75, 3.05) is 11.5 Å². The van der Waals surface area contributed by atoms with Crippen LogP contribution in [0.1, 0.15) is 11.1 Å². The van der Waals surface area contributed by atoms with Crippen LogP contribution in [0.15, 0.2) is 48.5 Å². The molecule has 3 aromatic carbocycles. The highest BCUT2D eigenvalue weighted by Crippen LogP contribution is 2.37. The van der Waals surface area contributed by atoms with Crippen molar-refractivity contribution in [3.8, 4) is 59.2 Å². The van der Waals surface area contributed by atoms with Gasteiger partial charge in [-0.05, 0) is 36.4 Å². The molecule has 0 aliphatic rings. The Morgan fingerprint density at radius 1 is 0.714 bits per heavy atom. The molecule has 0 fully saturated rings. The lowest BCUT2D eigenvalue weighted by Gasteiger charge is -2.14. The maximum atomic E-state index is 9.56. The number of phenolic OH excluding ortho intramolecular Hbond substituents is 2. The molecule has 3 aromatic rings. The number of nitrogens with two attached hydrogens (primary N) is 2. The lowest BCUT2D eigenvalue weighted by atomic mass is 10.1. The van der Waals surface area contributed by atoms with Crippen LogP contribution in [0.2, 0.25) is 0 Å². The number of rotatable bonds is 4. The van der Waals surface area contributed by atoms with E-state index in [4.69, 9.17) is 33.8 Å². The molecule has 6 N–H and O–H groups in total. The average molecular weight is 372 g/mol. The number of nitrogen functional groups attached to an aromatic ring is 2. The van der Waals surface area contributed by atoms with E-state index in [0.29, 0.717) is 22.6 Å². The Morgan fingerprint density at radius 3 is 1.54 bits per heavy atom. The summed E-state index contributed by atoms with van der Waals surface area (Å²) in [6.07, 6.45) is 11.2. The number of hydrogen-bond donors (Lipinski definition) is 4. The fourth-order valence-electron chi connectivity index (χ4n) is 2.42. The molecule has 0 unspecified atom stereocenters. The van der Waals surface area contributed by atoms with E-state index < -0.39 is 0 Å². The van der Waals surface area contributed by atoms with Crippen molar-refractivity contribution >= 4 is 11.4 Å². The van der Waals surface area contributed by atoms with Crippen LogP contribution in [0.5, 0.6) is 34.5 Å². The van der Waals surface area contributed by atoms with Gasteiger partial charge in [0.15, 0.2) is 0 Å². The van der Waals surface area contributed by atoms with E-state index in [1.165, 1.54) is 36.4 Å². The maximum absolute atomic E-state index is 9.56. The van der Waals surface area contributed by atoms with E-state index in [1.54, 1.807) is 12.1 Å². The minimum Gasteiger partial charge on any atom is -0.506 e. The summed E-state index contributed by atoms with van der Waals surface area (Å²) in [6, 6.07) is 12.0. The molecule has 0 aliphatic carbocycles. The lowest BCUT2D eigenvalue weighted by molar-refractivity contribution is 0.451. The number of anilines is 2. The van der Waals surface area contributed by atoms with Crippen LogP contribution in [0.4, 0.5) is 11.4 Å². The highest BCUT2D eigenvalue weighted by molar-refractivity contribution is 5.63. The van der Waals surface area contributed by atoms with Crippen LogP contribution in [0, 0.1) is 24.7 Å². The Balaban J connectivity index is 2.04. The van der Waals surface area contributed by atoms with Crippen molar-refractivity contribution in [1.82, 2.24) is 0 Å². The number of phenols is 2. The van der Waals surface area contributed by atoms with E-state index >= 15 is 0 Å². The van der Waals surface area contributed by atoms with Gasteiger partial charge in [0.25, 0.3) is 0 Å². The van der Waals surface area contributed by atoms with Crippen LogP contribution in [0.25, 0.3) is 0 Å². The molecule has 0 saturated carbocycles. The fraction of sp³-hybridized carbons (Fsp3) is 0. The SMILES string of the molecule is C#Cc1cc(Oc2ccc(O)c(N)c2)c(C#C)c(Oc2ccc(O)c(N)c2)c1. The summed E-state index contributed by atoms with van der Waals surface area (Å²) < 4.78 is 11.7. The first kappa shape index (κ1) is 18.4. The van der Waals surface area contributed by atoms with Crippen LogP contribution >= 0.6 is 0 Å². The summed E-state index contributed by atoms with van der Waals surface area (Å²) in [7, 11) is 0. The molecule has 0 radical (unpaired) electrons. The molecule has 0 heterocycles. The Hall–Kier alpha value is -4.42. The van der Waals surface area contributed by atoms with Gasteiger partial charge in [-0.1, -0.05) is 11.8 Å². The first-order chi connectivity index (χ1) is 13.4. The van der Waals surface area contributed by atoms with E-state index in [9.17, 15) is 10.2 Å². The molecule has 0 spiro atoms. The molecule has 0 atom stereocenters. The first-order valence-electron chi connectivity index (χ1n) is 8.05. The van der Waals surface area contributed by atoms with Gasteiger partial charge in [-0.2, -0.15) is 0 Å². The van der Waals surface area contributed by atoms with Gasteiger partial charge in [0.2, 0.25) is 0 Å².